The Morgan fingerprint density at radius 2 is 1.17 bits per heavy atom. The van der Waals surface area contributed by atoms with Crippen LogP contribution in [0.5, 0.6) is 0 Å². The predicted octanol–water partition coefficient (Wildman–Crippen LogP) is 8.23. The van der Waals surface area contributed by atoms with Crippen LogP contribution in [0.15, 0.2) is 97.6 Å². The van der Waals surface area contributed by atoms with Crippen LogP contribution in [0.1, 0.15) is 36.0 Å². The average Bonchev–Trinajstić information content (AvgIpc) is 2.75. The molecule has 148 valence electrons. The number of hydrogen-bond acceptors (Lipinski definition) is 1. The standard InChI is InChI=1S/C28H31N/c1-5-22(2)8-6-7-9-25-14-20-28(21-15-25)29(26-16-10-23(3)11-17-26)27-18-12-24(4)13-19-27/h5,10-21H,1-2,6-9H2,3-4H3. The van der Waals surface area contributed by atoms with Crippen LogP contribution in [-0.2, 0) is 6.42 Å². The molecule has 0 fully saturated rings. The van der Waals surface area contributed by atoms with Gasteiger partial charge in [-0.05, 0) is 81.5 Å². The van der Waals surface area contributed by atoms with Gasteiger partial charge in [-0.25, -0.2) is 0 Å². The van der Waals surface area contributed by atoms with E-state index in [-0.39, 0.29) is 0 Å². The van der Waals surface area contributed by atoms with Gasteiger partial charge in [-0.1, -0.05) is 72.3 Å². The minimum atomic E-state index is 1.04. The van der Waals surface area contributed by atoms with Crippen molar-refractivity contribution in [3.63, 3.8) is 0 Å². The van der Waals surface area contributed by atoms with Crippen molar-refractivity contribution in [3.8, 4) is 0 Å². The molecule has 0 saturated heterocycles. The molecule has 3 aromatic rings. The van der Waals surface area contributed by atoms with Crippen LogP contribution >= 0.6 is 0 Å². The number of aryl methyl sites for hydroxylation is 3. The second-order valence-electron chi connectivity index (χ2n) is 7.74. The van der Waals surface area contributed by atoms with Gasteiger partial charge in [0.15, 0.2) is 0 Å². The fourth-order valence-corrected chi connectivity index (χ4v) is 3.43. The van der Waals surface area contributed by atoms with E-state index in [4.69, 9.17) is 0 Å². The molecule has 0 spiro atoms. The smallest absolute Gasteiger partial charge is 0.0461 e. The lowest BCUT2D eigenvalue weighted by molar-refractivity contribution is 0.737. The maximum atomic E-state index is 3.99. The van der Waals surface area contributed by atoms with Crippen LogP contribution in [0.2, 0.25) is 0 Å². The molecule has 0 aliphatic rings. The van der Waals surface area contributed by atoms with Gasteiger partial charge in [0.25, 0.3) is 0 Å². The van der Waals surface area contributed by atoms with Crippen molar-refractivity contribution in [2.45, 2.75) is 39.5 Å². The van der Waals surface area contributed by atoms with Crippen LogP contribution in [0.25, 0.3) is 0 Å². The second-order valence-corrected chi connectivity index (χ2v) is 7.74. The molecule has 1 heteroatoms. The Kier molecular flexibility index (Phi) is 7.08. The highest BCUT2D eigenvalue weighted by Crippen LogP contribution is 2.34. The van der Waals surface area contributed by atoms with Crippen molar-refractivity contribution in [2.75, 3.05) is 4.90 Å². The zero-order valence-electron chi connectivity index (χ0n) is 17.7. The second kappa shape index (κ2) is 9.93. The van der Waals surface area contributed by atoms with Crippen molar-refractivity contribution < 1.29 is 0 Å². The molecule has 0 aliphatic carbocycles. The maximum Gasteiger partial charge on any atom is 0.0461 e. The lowest BCUT2D eigenvalue weighted by atomic mass is 10.0. The summed E-state index contributed by atoms with van der Waals surface area (Å²) in [6.07, 6.45) is 6.33. The number of rotatable bonds is 9. The van der Waals surface area contributed by atoms with E-state index in [1.807, 2.05) is 6.08 Å². The third-order valence-electron chi connectivity index (χ3n) is 5.28. The molecule has 29 heavy (non-hydrogen) atoms. The first-order chi connectivity index (χ1) is 14.1. The largest absolute Gasteiger partial charge is 0.311 e. The summed E-state index contributed by atoms with van der Waals surface area (Å²) in [5, 5.41) is 0. The van der Waals surface area contributed by atoms with Crippen LogP contribution in [0.3, 0.4) is 0 Å². The molecule has 3 aromatic carbocycles. The molecular formula is C28H31N. The van der Waals surface area contributed by atoms with Gasteiger partial charge >= 0.3 is 0 Å². The van der Waals surface area contributed by atoms with Crippen LogP contribution in [-0.4, -0.2) is 0 Å². The molecule has 0 aromatic heterocycles. The molecule has 0 saturated carbocycles. The predicted molar refractivity (Wildman–Crippen MR) is 127 cm³/mol. The molecule has 0 unspecified atom stereocenters. The molecule has 0 atom stereocenters. The molecule has 0 heterocycles. The van der Waals surface area contributed by atoms with Gasteiger partial charge in [-0.15, -0.1) is 0 Å². The summed E-state index contributed by atoms with van der Waals surface area (Å²) in [6.45, 7) is 12.0. The van der Waals surface area contributed by atoms with E-state index in [0.29, 0.717) is 0 Å². The van der Waals surface area contributed by atoms with Gasteiger partial charge in [-0.2, -0.15) is 0 Å². The number of unbranched alkanes of at least 4 members (excludes halogenated alkanes) is 1. The van der Waals surface area contributed by atoms with Gasteiger partial charge in [0.1, 0.15) is 0 Å². The number of hydrogen-bond donors (Lipinski definition) is 0. The molecule has 1 nitrogen and oxygen atoms in total. The zero-order valence-corrected chi connectivity index (χ0v) is 17.7. The molecule has 0 aliphatic heterocycles. The molecule has 0 radical (unpaired) electrons. The van der Waals surface area contributed by atoms with Crippen LogP contribution in [0.4, 0.5) is 17.1 Å². The van der Waals surface area contributed by atoms with Gasteiger partial charge in [0, 0.05) is 17.1 Å². The molecule has 3 rings (SSSR count). The first kappa shape index (κ1) is 20.7. The van der Waals surface area contributed by atoms with Gasteiger partial charge in [0.05, 0.1) is 0 Å². The van der Waals surface area contributed by atoms with E-state index < -0.39 is 0 Å². The number of nitrogens with zero attached hydrogens (tertiary/aromatic N) is 1. The summed E-state index contributed by atoms with van der Waals surface area (Å²) < 4.78 is 0. The Morgan fingerprint density at radius 1 is 0.724 bits per heavy atom. The van der Waals surface area contributed by atoms with Crippen LogP contribution < -0.4 is 4.90 Å². The van der Waals surface area contributed by atoms with Gasteiger partial charge in [0.2, 0.25) is 0 Å². The topological polar surface area (TPSA) is 3.24 Å². The van der Waals surface area contributed by atoms with E-state index in [9.17, 15) is 0 Å². The van der Waals surface area contributed by atoms with E-state index in [2.05, 4.69) is 105 Å². The van der Waals surface area contributed by atoms with Gasteiger partial charge in [-0.3, -0.25) is 0 Å². The lowest BCUT2D eigenvalue weighted by Crippen LogP contribution is -2.10. The normalized spacial score (nSPS) is 10.6. The van der Waals surface area contributed by atoms with E-state index in [0.717, 1.165) is 24.8 Å². The fraction of sp³-hybridized carbons (Fsp3) is 0.214. The fourth-order valence-electron chi connectivity index (χ4n) is 3.43. The Labute approximate surface area is 176 Å². The highest BCUT2D eigenvalue weighted by Gasteiger charge is 2.12. The summed E-state index contributed by atoms with van der Waals surface area (Å²) in [5.41, 5.74) is 8.59. The van der Waals surface area contributed by atoms with Crippen molar-refractivity contribution in [1.82, 2.24) is 0 Å². The van der Waals surface area contributed by atoms with E-state index in [1.165, 1.54) is 40.2 Å². The Balaban J connectivity index is 1.79. The number of anilines is 3. The number of benzene rings is 3. The SMILES string of the molecule is C=CC(=C)CCCCc1ccc(N(c2ccc(C)cc2)c2ccc(C)cc2)cc1. The minimum Gasteiger partial charge on any atom is -0.311 e. The van der Waals surface area contributed by atoms with Crippen molar-refractivity contribution in [1.29, 1.82) is 0 Å². The van der Waals surface area contributed by atoms with Crippen molar-refractivity contribution in [2.24, 2.45) is 0 Å². The van der Waals surface area contributed by atoms with Crippen LogP contribution in [0, 0.1) is 13.8 Å². The molecule has 0 bridgehead atoms. The maximum absolute atomic E-state index is 3.99. The Hall–Kier alpha value is -3.06. The highest BCUT2D eigenvalue weighted by molar-refractivity contribution is 5.76. The third-order valence-corrected chi connectivity index (χ3v) is 5.28. The zero-order chi connectivity index (χ0) is 20.6. The van der Waals surface area contributed by atoms with Crippen molar-refractivity contribution >= 4 is 17.1 Å². The summed E-state index contributed by atoms with van der Waals surface area (Å²) in [4.78, 5) is 2.32. The highest BCUT2D eigenvalue weighted by atomic mass is 15.1. The average molecular weight is 382 g/mol. The summed E-state index contributed by atoms with van der Waals surface area (Å²) in [6, 6.07) is 26.4. The summed E-state index contributed by atoms with van der Waals surface area (Å²) in [7, 11) is 0. The van der Waals surface area contributed by atoms with Crippen molar-refractivity contribution in [3.05, 3.63) is 114 Å². The lowest BCUT2D eigenvalue weighted by Gasteiger charge is -2.26. The molecular weight excluding hydrogens is 350 g/mol. The first-order valence-electron chi connectivity index (χ1n) is 10.4. The quantitative estimate of drug-likeness (QED) is 0.266. The first-order valence-corrected chi connectivity index (χ1v) is 10.4. The molecule has 0 amide bonds. The molecule has 0 N–H and O–H groups in total. The number of allylic oxidation sites excluding steroid dienone is 2. The monoisotopic (exact) mass is 381 g/mol. The minimum absolute atomic E-state index is 1.04. The Morgan fingerprint density at radius 3 is 1.62 bits per heavy atom. The Bertz CT molecular complexity index is 886. The van der Waals surface area contributed by atoms with E-state index in [1.54, 1.807) is 0 Å². The van der Waals surface area contributed by atoms with Gasteiger partial charge < -0.3 is 4.90 Å². The summed E-state index contributed by atoms with van der Waals surface area (Å²) >= 11 is 0. The summed E-state index contributed by atoms with van der Waals surface area (Å²) in [5.74, 6) is 0. The van der Waals surface area contributed by atoms with E-state index >= 15 is 0 Å². The third kappa shape index (κ3) is 5.71.